The van der Waals surface area contributed by atoms with Crippen LogP contribution in [0, 0.1) is 0 Å². The Morgan fingerprint density at radius 3 is 2.61 bits per heavy atom. The topological polar surface area (TPSA) is 78.3 Å². The van der Waals surface area contributed by atoms with E-state index in [1.807, 2.05) is 24.0 Å². The van der Waals surface area contributed by atoms with Crippen LogP contribution in [0.1, 0.15) is 47.7 Å². The van der Waals surface area contributed by atoms with E-state index in [2.05, 4.69) is 21.4 Å². The first-order chi connectivity index (χ1) is 13.3. The molecule has 0 radical (unpaired) electrons. The number of aliphatic hydroxyl groups is 1. The van der Waals surface area contributed by atoms with Gasteiger partial charge in [0.2, 0.25) is 5.95 Å². The van der Waals surface area contributed by atoms with Crippen LogP contribution < -0.4 is 5.32 Å². The number of nitrogens with one attached hydrogen (secondary N) is 1. The van der Waals surface area contributed by atoms with Gasteiger partial charge in [-0.2, -0.15) is 0 Å². The molecule has 1 amide bonds. The fourth-order valence-corrected chi connectivity index (χ4v) is 5.33. The summed E-state index contributed by atoms with van der Waals surface area (Å²) in [5, 5.41) is 14.2. The molecule has 146 valence electrons. The lowest BCUT2D eigenvalue weighted by molar-refractivity contribution is -0.165. The lowest BCUT2D eigenvalue weighted by Gasteiger charge is -2.63. The molecule has 1 saturated heterocycles. The summed E-state index contributed by atoms with van der Waals surface area (Å²) in [5.74, 6) is 0.488. The summed E-state index contributed by atoms with van der Waals surface area (Å²) in [5.41, 5.74) is 2.25. The van der Waals surface area contributed by atoms with Crippen molar-refractivity contribution in [1.82, 2.24) is 14.9 Å². The van der Waals surface area contributed by atoms with Gasteiger partial charge in [0.05, 0.1) is 16.7 Å². The molecular formula is C21H23ClN4O2. The first-order valence-corrected chi connectivity index (χ1v) is 10.1. The van der Waals surface area contributed by atoms with Crippen LogP contribution in [0.2, 0.25) is 5.02 Å². The Morgan fingerprint density at radius 2 is 1.96 bits per heavy atom. The molecule has 2 aromatic rings. The van der Waals surface area contributed by atoms with Gasteiger partial charge in [-0.25, -0.2) is 9.97 Å². The number of fused-ring (bicyclic) bond motifs is 1. The SMILES string of the molecule is CC1(O)CC2(CCN2C(=O)c2cnc(NC3Cc4ccc(Cl)cc4C3)nc2)C1. The maximum Gasteiger partial charge on any atom is 0.257 e. The van der Waals surface area contributed by atoms with Crippen molar-refractivity contribution in [3.8, 4) is 0 Å². The Labute approximate surface area is 168 Å². The molecule has 7 heteroatoms. The second-order valence-electron chi connectivity index (χ2n) is 8.74. The van der Waals surface area contributed by atoms with Crippen molar-refractivity contribution in [2.24, 2.45) is 0 Å². The number of rotatable bonds is 3. The van der Waals surface area contributed by atoms with E-state index in [1.54, 1.807) is 12.4 Å². The number of likely N-dealkylation sites (tertiary alicyclic amines) is 1. The molecule has 2 fully saturated rings. The summed E-state index contributed by atoms with van der Waals surface area (Å²) < 4.78 is 0. The highest BCUT2D eigenvalue weighted by atomic mass is 35.5. The first-order valence-electron chi connectivity index (χ1n) is 9.74. The van der Waals surface area contributed by atoms with Gasteiger partial charge in [-0.15, -0.1) is 0 Å². The highest BCUT2D eigenvalue weighted by Crippen LogP contribution is 2.52. The highest BCUT2D eigenvalue weighted by molar-refractivity contribution is 6.30. The number of anilines is 1. The fraction of sp³-hybridized carbons (Fsp3) is 0.476. The molecule has 3 aliphatic rings. The Bertz CT molecular complexity index is 936. The summed E-state index contributed by atoms with van der Waals surface area (Å²) in [6, 6.07) is 6.24. The molecule has 1 unspecified atom stereocenters. The first kappa shape index (κ1) is 17.9. The van der Waals surface area contributed by atoms with E-state index in [9.17, 15) is 9.90 Å². The zero-order valence-corrected chi connectivity index (χ0v) is 16.5. The minimum Gasteiger partial charge on any atom is -0.390 e. The molecule has 1 aromatic carbocycles. The van der Waals surface area contributed by atoms with Crippen molar-refractivity contribution in [3.05, 3.63) is 52.3 Å². The zero-order chi connectivity index (χ0) is 19.5. The predicted octanol–water partition coefficient (Wildman–Crippen LogP) is 2.84. The van der Waals surface area contributed by atoms with Gasteiger partial charge in [0.15, 0.2) is 0 Å². The third-order valence-electron chi connectivity index (χ3n) is 6.37. The fourth-order valence-electron chi connectivity index (χ4n) is 5.13. The monoisotopic (exact) mass is 398 g/mol. The van der Waals surface area contributed by atoms with E-state index in [4.69, 9.17) is 11.6 Å². The van der Waals surface area contributed by atoms with Crippen LogP contribution in [0.3, 0.4) is 0 Å². The third kappa shape index (κ3) is 2.95. The minimum absolute atomic E-state index is 0.0452. The summed E-state index contributed by atoms with van der Waals surface area (Å²) in [6.45, 7) is 2.57. The number of carbonyl (C=O) groups is 1. The van der Waals surface area contributed by atoms with E-state index in [0.717, 1.165) is 30.8 Å². The Hall–Kier alpha value is -2.18. The molecule has 2 aliphatic carbocycles. The molecule has 2 N–H and O–H groups in total. The van der Waals surface area contributed by atoms with Crippen molar-refractivity contribution in [2.45, 2.75) is 56.2 Å². The third-order valence-corrected chi connectivity index (χ3v) is 6.61. The summed E-state index contributed by atoms with van der Waals surface area (Å²) in [6.07, 6.45) is 7.25. The molecule has 1 aliphatic heterocycles. The van der Waals surface area contributed by atoms with Crippen LogP contribution in [0.5, 0.6) is 0 Å². The zero-order valence-electron chi connectivity index (χ0n) is 15.8. The van der Waals surface area contributed by atoms with Crippen molar-refractivity contribution in [2.75, 3.05) is 11.9 Å². The van der Waals surface area contributed by atoms with E-state index in [0.29, 0.717) is 24.4 Å². The number of nitrogens with zero attached hydrogens (tertiary/aromatic N) is 3. The number of hydrogen-bond donors (Lipinski definition) is 2. The van der Waals surface area contributed by atoms with Gasteiger partial charge in [0, 0.05) is 30.0 Å². The quantitative estimate of drug-likeness (QED) is 0.831. The molecule has 0 bridgehead atoms. The van der Waals surface area contributed by atoms with Crippen LogP contribution >= 0.6 is 11.6 Å². The standard InChI is InChI=1S/C21H23ClN4O2/c1-20(28)11-21(12-20)4-5-26(21)18(27)15-9-23-19(24-10-15)25-17-7-13-2-3-16(22)6-14(13)8-17/h2-3,6,9-10,17,28H,4-5,7-8,11-12H2,1H3,(H,23,24,25). The van der Waals surface area contributed by atoms with Crippen molar-refractivity contribution in [1.29, 1.82) is 0 Å². The minimum atomic E-state index is -0.647. The van der Waals surface area contributed by atoms with Crippen molar-refractivity contribution >= 4 is 23.5 Å². The molecule has 1 atom stereocenters. The number of carbonyl (C=O) groups excluding carboxylic acids is 1. The second kappa shape index (κ2) is 6.16. The summed E-state index contributed by atoms with van der Waals surface area (Å²) >= 11 is 6.08. The average molecular weight is 399 g/mol. The average Bonchev–Trinajstić information content (AvgIpc) is 3.00. The van der Waals surface area contributed by atoms with Gasteiger partial charge in [-0.05, 0) is 62.3 Å². The van der Waals surface area contributed by atoms with Crippen LogP contribution in [0.15, 0.2) is 30.6 Å². The lowest BCUT2D eigenvalue weighted by Crippen LogP contribution is -2.72. The normalized spacial score (nSPS) is 30.5. The second-order valence-corrected chi connectivity index (χ2v) is 9.18. The molecule has 6 nitrogen and oxygen atoms in total. The Morgan fingerprint density at radius 1 is 1.25 bits per heavy atom. The van der Waals surface area contributed by atoms with Crippen LogP contribution in [-0.2, 0) is 12.8 Å². The maximum absolute atomic E-state index is 12.8. The van der Waals surface area contributed by atoms with Gasteiger partial charge >= 0.3 is 0 Å². The van der Waals surface area contributed by atoms with Gasteiger partial charge < -0.3 is 15.3 Å². The largest absolute Gasteiger partial charge is 0.390 e. The van der Waals surface area contributed by atoms with Crippen molar-refractivity contribution < 1.29 is 9.90 Å². The van der Waals surface area contributed by atoms with Crippen molar-refractivity contribution in [3.63, 3.8) is 0 Å². The van der Waals surface area contributed by atoms with Gasteiger partial charge in [0.25, 0.3) is 5.91 Å². The van der Waals surface area contributed by atoms with E-state index < -0.39 is 5.60 Å². The van der Waals surface area contributed by atoms with E-state index in [1.165, 1.54) is 11.1 Å². The molecule has 2 heterocycles. The molecule has 1 spiro atoms. The lowest BCUT2D eigenvalue weighted by atomic mass is 9.59. The van der Waals surface area contributed by atoms with Crippen LogP contribution in [0.4, 0.5) is 5.95 Å². The smallest absolute Gasteiger partial charge is 0.257 e. The number of amides is 1. The molecule has 1 saturated carbocycles. The Balaban J connectivity index is 1.23. The molecule has 28 heavy (non-hydrogen) atoms. The highest BCUT2D eigenvalue weighted by Gasteiger charge is 2.60. The number of aromatic nitrogens is 2. The van der Waals surface area contributed by atoms with Gasteiger partial charge in [-0.1, -0.05) is 17.7 Å². The van der Waals surface area contributed by atoms with Gasteiger partial charge in [0.1, 0.15) is 0 Å². The molecule has 5 rings (SSSR count). The summed E-state index contributed by atoms with van der Waals surface area (Å²) in [4.78, 5) is 23.4. The van der Waals surface area contributed by atoms with Gasteiger partial charge in [-0.3, -0.25) is 4.79 Å². The summed E-state index contributed by atoms with van der Waals surface area (Å²) in [7, 11) is 0. The Kier molecular flexibility index (Phi) is 3.93. The van der Waals surface area contributed by atoms with E-state index in [-0.39, 0.29) is 17.5 Å². The number of halogens is 1. The molecular weight excluding hydrogens is 376 g/mol. The number of benzene rings is 1. The predicted molar refractivity (Wildman–Crippen MR) is 107 cm³/mol. The molecule has 1 aromatic heterocycles. The number of hydrogen-bond acceptors (Lipinski definition) is 5. The van der Waals surface area contributed by atoms with E-state index >= 15 is 0 Å². The maximum atomic E-state index is 12.8. The van der Waals surface area contributed by atoms with Crippen LogP contribution in [-0.4, -0.2) is 49.6 Å². The van der Waals surface area contributed by atoms with Crippen LogP contribution in [0.25, 0.3) is 0 Å².